The van der Waals surface area contributed by atoms with Gasteiger partial charge in [0, 0.05) is 6.21 Å². The van der Waals surface area contributed by atoms with Gasteiger partial charge in [-0.1, -0.05) is 57.2 Å². The highest BCUT2D eigenvalue weighted by molar-refractivity contribution is 6.07. The van der Waals surface area contributed by atoms with Crippen LogP contribution in [0.5, 0.6) is 0 Å². The molecule has 3 heteroatoms. The van der Waals surface area contributed by atoms with Crippen LogP contribution in [-0.4, -0.2) is 18.1 Å². The molecule has 3 rings (SSSR count). The van der Waals surface area contributed by atoms with Gasteiger partial charge in [-0.05, 0) is 35.1 Å². The maximum absolute atomic E-state index is 13.8. The quantitative estimate of drug-likeness (QED) is 0.794. The molecule has 0 aromatic heterocycles. The number of amidine groups is 1. The van der Waals surface area contributed by atoms with Crippen molar-refractivity contribution < 1.29 is 4.39 Å². The van der Waals surface area contributed by atoms with E-state index in [-0.39, 0.29) is 17.3 Å². The molecular formula is C20H21FN2. The first kappa shape index (κ1) is 15.6. The van der Waals surface area contributed by atoms with Gasteiger partial charge in [-0.25, -0.2) is 9.38 Å². The van der Waals surface area contributed by atoms with Gasteiger partial charge in [-0.2, -0.15) is 0 Å². The summed E-state index contributed by atoms with van der Waals surface area (Å²) in [6.07, 6.45) is 2.59. The summed E-state index contributed by atoms with van der Waals surface area (Å²) in [5.74, 6) is 0.206. The maximum atomic E-state index is 13.8. The summed E-state index contributed by atoms with van der Waals surface area (Å²) in [5.41, 5.74) is 3.16. The van der Waals surface area contributed by atoms with E-state index >= 15 is 0 Å². The van der Waals surface area contributed by atoms with Crippen LogP contribution >= 0.6 is 0 Å². The van der Waals surface area contributed by atoms with E-state index in [1.54, 1.807) is 24.4 Å². The summed E-state index contributed by atoms with van der Waals surface area (Å²) in [6, 6.07) is 15.2. The van der Waals surface area contributed by atoms with Gasteiger partial charge >= 0.3 is 0 Å². The van der Waals surface area contributed by atoms with Crippen molar-refractivity contribution in [2.75, 3.05) is 0 Å². The van der Waals surface area contributed by atoms with E-state index in [4.69, 9.17) is 0 Å². The van der Waals surface area contributed by atoms with Gasteiger partial charge in [-0.15, -0.1) is 0 Å². The van der Waals surface area contributed by atoms with Gasteiger partial charge in [0.05, 0.1) is 11.6 Å². The number of hydrogen-bond acceptors (Lipinski definition) is 2. The molecule has 0 radical (unpaired) electrons. The van der Waals surface area contributed by atoms with Crippen molar-refractivity contribution in [1.29, 1.82) is 0 Å². The molecule has 2 nitrogen and oxygen atoms in total. The number of benzene rings is 2. The van der Waals surface area contributed by atoms with Crippen LogP contribution in [0, 0.1) is 5.82 Å². The minimum absolute atomic E-state index is 0.0231. The second-order valence-electron chi connectivity index (χ2n) is 6.93. The second kappa shape index (κ2) is 6.07. The molecule has 1 heterocycles. The van der Waals surface area contributed by atoms with Crippen molar-refractivity contribution in [3.05, 3.63) is 71.0 Å². The first-order valence-corrected chi connectivity index (χ1v) is 7.90. The Balaban J connectivity index is 1.73. The van der Waals surface area contributed by atoms with Crippen molar-refractivity contribution >= 4 is 12.1 Å². The van der Waals surface area contributed by atoms with Gasteiger partial charge in [0.1, 0.15) is 5.82 Å². The number of rotatable bonds is 3. The van der Waals surface area contributed by atoms with E-state index in [9.17, 15) is 4.39 Å². The van der Waals surface area contributed by atoms with Crippen LogP contribution in [0.25, 0.3) is 0 Å². The Kier molecular flexibility index (Phi) is 4.12. The predicted octanol–water partition coefficient (Wildman–Crippen LogP) is 4.57. The predicted molar refractivity (Wildman–Crippen MR) is 94.1 cm³/mol. The third kappa shape index (κ3) is 3.55. The van der Waals surface area contributed by atoms with Crippen LogP contribution in [0.4, 0.5) is 4.39 Å². The van der Waals surface area contributed by atoms with Crippen LogP contribution in [-0.2, 0) is 11.8 Å². The molecule has 1 unspecified atom stereocenters. The third-order valence-corrected chi connectivity index (χ3v) is 4.04. The normalized spacial score (nSPS) is 17.4. The smallest absolute Gasteiger partial charge is 0.157 e. The lowest BCUT2D eigenvalue weighted by atomic mass is 9.86. The topological polar surface area (TPSA) is 24.7 Å². The average molecular weight is 308 g/mol. The molecule has 0 amide bonds. The number of hydrogen-bond donors (Lipinski definition) is 0. The Morgan fingerprint density at radius 3 is 2.35 bits per heavy atom. The number of nitrogens with zero attached hydrogens (tertiary/aromatic N) is 2. The van der Waals surface area contributed by atoms with Gasteiger partial charge < -0.3 is 0 Å². The Morgan fingerprint density at radius 1 is 1.00 bits per heavy atom. The van der Waals surface area contributed by atoms with Crippen molar-refractivity contribution in [3.8, 4) is 0 Å². The zero-order valence-corrected chi connectivity index (χ0v) is 13.8. The van der Waals surface area contributed by atoms with E-state index in [1.165, 1.54) is 17.2 Å². The molecule has 0 saturated carbocycles. The Bertz CT molecular complexity index is 752. The minimum Gasteiger partial charge on any atom is -0.257 e. The summed E-state index contributed by atoms with van der Waals surface area (Å²) >= 11 is 0. The van der Waals surface area contributed by atoms with Crippen LogP contribution in [0.15, 0.2) is 58.5 Å². The number of halogens is 1. The van der Waals surface area contributed by atoms with Crippen LogP contribution in [0.2, 0.25) is 0 Å². The molecule has 0 bridgehead atoms. The zero-order valence-electron chi connectivity index (χ0n) is 13.8. The third-order valence-electron chi connectivity index (χ3n) is 4.04. The standard InChI is InChI=1S/C20H21FN2/c1-20(2,3)15-10-8-14(9-11-15)12-16-13-22-19(23-16)17-6-4-5-7-18(17)21/h4-11,13,16H,12H2,1-3H3. The molecule has 1 aliphatic heterocycles. The van der Waals surface area contributed by atoms with E-state index in [1.807, 2.05) is 0 Å². The van der Waals surface area contributed by atoms with Crippen LogP contribution < -0.4 is 0 Å². The minimum atomic E-state index is -0.279. The highest BCUT2D eigenvalue weighted by Gasteiger charge is 2.18. The SMILES string of the molecule is CC(C)(C)c1ccc(CC2C=NC(c3ccccc3F)=N2)cc1. The fraction of sp³-hybridized carbons (Fsp3) is 0.300. The molecule has 1 atom stereocenters. The van der Waals surface area contributed by atoms with Crippen molar-refractivity contribution in [1.82, 2.24) is 0 Å². The Morgan fingerprint density at radius 2 is 1.70 bits per heavy atom. The van der Waals surface area contributed by atoms with E-state index in [2.05, 4.69) is 55.0 Å². The summed E-state index contributed by atoms with van der Waals surface area (Å²) in [5, 5.41) is 0. The lowest BCUT2D eigenvalue weighted by Crippen LogP contribution is -2.12. The molecule has 0 spiro atoms. The zero-order chi connectivity index (χ0) is 16.4. The monoisotopic (exact) mass is 308 g/mol. The highest BCUT2D eigenvalue weighted by atomic mass is 19.1. The van der Waals surface area contributed by atoms with Crippen LogP contribution in [0.3, 0.4) is 0 Å². The molecule has 2 aromatic carbocycles. The lowest BCUT2D eigenvalue weighted by molar-refractivity contribution is 0.590. The maximum Gasteiger partial charge on any atom is 0.157 e. The lowest BCUT2D eigenvalue weighted by Gasteiger charge is -2.19. The molecule has 1 aliphatic rings. The largest absolute Gasteiger partial charge is 0.257 e. The fourth-order valence-electron chi connectivity index (χ4n) is 2.64. The first-order chi connectivity index (χ1) is 10.9. The van der Waals surface area contributed by atoms with E-state index in [0.29, 0.717) is 11.4 Å². The molecule has 0 aliphatic carbocycles. The molecule has 2 aromatic rings. The average Bonchev–Trinajstić information content (AvgIpc) is 2.95. The summed E-state index contributed by atoms with van der Waals surface area (Å²) in [4.78, 5) is 8.83. The molecule has 0 N–H and O–H groups in total. The second-order valence-corrected chi connectivity index (χ2v) is 6.93. The van der Waals surface area contributed by atoms with Gasteiger partial charge in [0.2, 0.25) is 0 Å². The summed E-state index contributed by atoms with van der Waals surface area (Å²) < 4.78 is 13.8. The Labute approximate surface area is 136 Å². The van der Waals surface area contributed by atoms with Crippen molar-refractivity contribution in [2.45, 2.75) is 38.6 Å². The molecule has 118 valence electrons. The van der Waals surface area contributed by atoms with E-state index < -0.39 is 0 Å². The van der Waals surface area contributed by atoms with Gasteiger partial charge in [0.25, 0.3) is 0 Å². The molecule has 0 saturated heterocycles. The van der Waals surface area contributed by atoms with Crippen molar-refractivity contribution in [2.24, 2.45) is 9.98 Å². The Hall–Kier alpha value is -2.29. The van der Waals surface area contributed by atoms with Crippen molar-refractivity contribution in [3.63, 3.8) is 0 Å². The fourth-order valence-corrected chi connectivity index (χ4v) is 2.64. The molecule has 0 fully saturated rings. The molecular weight excluding hydrogens is 287 g/mol. The summed E-state index contributed by atoms with van der Waals surface area (Å²) in [7, 11) is 0. The van der Waals surface area contributed by atoms with Gasteiger partial charge in [-0.3, -0.25) is 4.99 Å². The van der Waals surface area contributed by atoms with Crippen LogP contribution in [0.1, 0.15) is 37.5 Å². The van der Waals surface area contributed by atoms with Gasteiger partial charge in [0.15, 0.2) is 5.84 Å². The van der Waals surface area contributed by atoms with E-state index in [0.717, 1.165) is 6.42 Å². The summed E-state index contributed by atoms with van der Waals surface area (Å²) in [6.45, 7) is 6.61. The highest BCUT2D eigenvalue weighted by Crippen LogP contribution is 2.23. The first-order valence-electron chi connectivity index (χ1n) is 7.90. The molecule has 23 heavy (non-hydrogen) atoms. The number of aliphatic imine (C=N–C) groups is 2.